The second-order valence-electron chi connectivity index (χ2n) is 6.32. The summed E-state index contributed by atoms with van der Waals surface area (Å²) in [6, 6.07) is 2.52. The first-order valence-electron chi connectivity index (χ1n) is 7.63. The summed E-state index contributed by atoms with van der Waals surface area (Å²) in [6.07, 6.45) is 3.73. The highest BCUT2D eigenvalue weighted by Gasteiger charge is 2.29. The molecule has 0 amide bonds. The van der Waals surface area contributed by atoms with Crippen molar-refractivity contribution in [2.24, 2.45) is 5.92 Å². The fraction of sp³-hybridized carbons (Fsp3) is 0.688. The predicted molar refractivity (Wildman–Crippen MR) is 81.4 cm³/mol. The van der Waals surface area contributed by atoms with Gasteiger partial charge in [0.15, 0.2) is 0 Å². The molecule has 2 rings (SSSR count). The summed E-state index contributed by atoms with van der Waals surface area (Å²) in [5.41, 5.74) is 0.964. The van der Waals surface area contributed by atoms with E-state index in [1.807, 2.05) is 0 Å². The van der Waals surface area contributed by atoms with E-state index in [0.29, 0.717) is 24.5 Å². The molecule has 1 unspecified atom stereocenters. The highest BCUT2D eigenvalue weighted by molar-refractivity contribution is 5.49. The minimum absolute atomic E-state index is 0.255. The zero-order chi connectivity index (χ0) is 14.7. The van der Waals surface area contributed by atoms with Crippen molar-refractivity contribution in [3.05, 3.63) is 23.6 Å². The first-order chi connectivity index (χ1) is 9.49. The van der Waals surface area contributed by atoms with Crippen LogP contribution in [0.3, 0.4) is 0 Å². The molecule has 0 saturated carbocycles. The summed E-state index contributed by atoms with van der Waals surface area (Å²) in [4.78, 5) is 6.74. The van der Waals surface area contributed by atoms with Crippen molar-refractivity contribution in [1.29, 1.82) is 0 Å². The zero-order valence-electron chi connectivity index (χ0n) is 13.0. The summed E-state index contributed by atoms with van der Waals surface area (Å²) in [5, 5.41) is 3.36. The molecule has 1 N–H and O–H groups in total. The van der Waals surface area contributed by atoms with E-state index >= 15 is 0 Å². The quantitative estimate of drug-likeness (QED) is 0.896. The molecule has 1 aliphatic rings. The maximum absolute atomic E-state index is 13.5. The Morgan fingerprint density at radius 3 is 2.80 bits per heavy atom. The van der Waals surface area contributed by atoms with Crippen LogP contribution in [0.5, 0.6) is 0 Å². The van der Waals surface area contributed by atoms with Crippen molar-refractivity contribution in [3.63, 3.8) is 0 Å². The van der Waals surface area contributed by atoms with Crippen LogP contribution in [0.4, 0.5) is 10.2 Å². The maximum atomic E-state index is 13.5. The van der Waals surface area contributed by atoms with Crippen LogP contribution in [0.1, 0.15) is 46.1 Å². The Balaban J connectivity index is 2.25. The molecule has 1 aromatic heterocycles. The number of hydrogen-bond acceptors (Lipinski definition) is 3. The Kier molecular flexibility index (Phi) is 4.97. The van der Waals surface area contributed by atoms with Gasteiger partial charge >= 0.3 is 0 Å². The van der Waals surface area contributed by atoms with E-state index in [0.717, 1.165) is 17.9 Å². The van der Waals surface area contributed by atoms with Gasteiger partial charge in [0.1, 0.15) is 11.6 Å². The van der Waals surface area contributed by atoms with E-state index in [2.05, 4.69) is 42.9 Å². The molecule has 0 aromatic carbocycles. The summed E-state index contributed by atoms with van der Waals surface area (Å²) in [6.45, 7) is 10.4. The molecular weight excluding hydrogens is 253 g/mol. The standard InChI is InChI=1S/C16H26FN3/c1-11(2)15-6-5-7-20(15)16-13(9-18-12(3)4)8-14(17)10-19-16/h8,10-12,15,18H,5-7,9H2,1-4H3. The molecule has 2 heterocycles. The van der Waals surface area contributed by atoms with E-state index in [9.17, 15) is 4.39 Å². The summed E-state index contributed by atoms with van der Waals surface area (Å²) >= 11 is 0. The summed E-state index contributed by atoms with van der Waals surface area (Å²) in [7, 11) is 0. The van der Waals surface area contributed by atoms with Crippen molar-refractivity contribution < 1.29 is 4.39 Å². The number of nitrogens with zero attached hydrogens (tertiary/aromatic N) is 2. The maximum Gasteiger partial charge on any atom is 0.141 e. The summed E-state index contributed by atoms with van der Waals surface area (Å²) < 4.78 is 13.5. The molecule has 1 fully saturated rings. The van der Waals surface area contributed by atoms with Crippen molar-refractivity contribution in [1.82, 2.24) is 10.3 Å². The predicted octanol–water partition coefficient (Wildman–Crippen LogP) is 3.34. The molecule has 0 bridgehead atoms. The van der Waals surface area contributed by atoms with Crippen LogP contribution >= 0.6 is 0 Å². The van der Waals surface area contributed by atoms with E-state index in [4.69, 9.17) is 0 Å². The van der Waals surface area contributed by atoms with Crippen LogP contribution in [-0.4, -0.2) is 23.6 Å². The van der Waals surface area contributed by atoms with Gasteiger partial charge in [-0.25, -0.2) is 9.37 Å². The molecule has 0 aliphatic carbocycles. The fourth-order valence-corrected chi connectivity index (χ4v) is 2.93. The van der Waals surface area contributed by atoms with Crippen LogP contribution in [-0.2, 0) is 6.54 Å². The largest absolute Gasteiger partial charge is 0.353 e. The molecule has 3 nitrogen and oxygen atoms in total. The smallest absolute Gasteiger partial charge is 0.141 e. The third-order valence-corrected chi connectivity index (χ3v) is 3.95. The normalized spacial score (nSPS) is 19.4. The second-order valence-corrected chi connectivity index (χ2v) is 6.32. The lowest BCUT2D eigenvalue weighted by Crippen LogP contribution is -2.35. The van der Waals surface area contributed by atoms with Crippen LogP contribution in [0, 0.1) is 11.7 Å². The van der Waals surface area contributed by atoms with Crippen LogP contribution in [0.25, 0.3) is 0 Å². The van der Waals surface area contributed by atoms with Crippen LogP contribution in [0.2, 0.25) is 0 Å². The van der Waals surface area contributed by atoms with Gasteiger partial charge in [0.05, 0.1) is 6.20 Å². The third-order valence-electron chi connectivity index (χ3n) is 3.95. The Hall–Kier alpha value is -1.16. The van der Waals surface area contributed by atoms with E-state index < -0.39 is 0 Å². The van der Waals surface area contributed by atoms with E-state index in [-0.39, 0.29) is 5.82 Å². The topological polar surface area (TPSA) is 28.2 Å². The van der Waals surface area contributed by atoms with Gasteiger partial charge in [-0.05, 0) is 24.8 Å². The molecule has 0 radical (unpaired) electrons. The molecule has 112 valence electrons. The first-order valence-corrected chi connectivity index (χ1v) is 7.63. The number of nitrogens with one attached hydrogen (secondary N) is 1. The Labute approximate surface area is 121 Å². The van der Waals surface area contributed by atoms with E-state index in [1.54, 1.807) is 6.07 Å². The number of anilines is 1. The minimum Gasteiger partial charge on any atom is -0.353 e. The first kappa shape index (κ1) is 15.2. The van der Waals surface area contributed by atoms with Gasteiger partial charge in [0.25, 0.3) is 0 Å². The fourth-order valence-electron chi connectivity index (χ4n) is 2.93. The molecule has 1 aliphatic heterocycles. The third kappa shape index (κ3) is 3.48. The van der Waals surface area contributed by atoms with Gasteiger partial charge in [0, 0.05) is 30.7 Å². The Morgan fingerprint density at radius 2 is 2.15 bits per heavy atom. The second kappa shape index (κ2) is 6.53. The molecule has 20 heavy (non-hydrogen) atoms. The number of aromatic nitrogens is 1. The molecule has 1 saturated heterocycles. The van der Waals surface area contributed by atoms with Gasteiger partial charge in [-0.2, -0.15) is 0 Å². The SMILES string of the molecule is CC(C)NCc1cc(F)cnc1N1CCCC1C(C)C. The molecule has 4 heteroatoms. The average molecular weight is 279 g/mol. The van der Waals surface area contributed by atoms with E-state index in [1.165, 1.54) is 19.0 Å². The van der Waals surface area contributed by atoms with Crippen molar-refractivity contribution in [2.75, 3.05) is 11.4 Å². The minimum atomic E-state index is -0.255. The Morgan fingerprint density at radius 1 is 1.40 bits per heavy atom. The molecular formula is C16H26FN3. The lowest BCUT2D eigenvalue weighted by molar-refractivity contribution is 0.486. The van der Waals surface area contributed by atoms with Crippen molar-refractivity contribution in [3.8, 4) is 0 Å². The number of rotatable bonds is 5. The van der Waals surface area contributed by atoms with Crippen LogP contribution in [0.15, 0.2) is 12.3 Å². The number of hydrogen-bond donors (Lipinski definition) is 1. The van der Waals surface area contributed by atoms with Gasteiger partial charge in [0.2, 0.25) is 0 Å². The summed E-state index contributed by atoms with van der Waals surface area (Å²) in [5.74, 6) is 1.29. The zero-order valence-corrected chi connectivity index (χ0v) is 13.0. The number of halogens is 1. The Bertz CT molecular complexity index is 445. The lowest BCUT2D eigenvalue weighted by Gasteiger charge is -2.30. The molecule has 1 aromatic rings. The highest BCUT2D eigenvalue weighted by atomic mass is 19.1. The van der Waals surface area contributed by atoms with Crippen molar-refractivity contribution in [2.45, 2.75) is 59.2 Å². The van der Waals surface area contributed by atoms with Crippen molar-refractivity contribution >= 4 is 5.82 Å². The lowest BCUT2D eigenvalue weighted by atomic mass is 10.0. The molecule has 0 spiro atoms. The monoisotopic (exact) mass is 279 g/mol. The van der Waals surface area contributed by atoms with Gasteiger partial charge < -0.3 is 10.2 Å². The highest BCUT2D eigenvalue weighted by Crippen LogP contribution is 2.30. The molecule has 1 atom stereocenters. The van der Waals surface area contributed by atoms with Crippen LogP contribution < -0.4 is 10.2 Å². The van der Waals surface area contributed by atoms with Gasteiger partial charge in [-0.1, -0.05) is 27.7 Å². The van der Waals surface area contributed by atoms with Gasteiger partial charge in [-0.15, -0.1) is 0 Å². The van der Waals surface area contributed by atoms with Gasteiger partial charge in [-0.3, -0.25) is 0 Å². The average Bonchev–Trinajstić information content (AvgIpc) is 2.85. The number of pyridine rings is 1.